The fourth-order valence-corrected chi connectivity index (χ4v) is 2.74. The minimum absolute atomic E-state index is 0.415. The van der Waals surface area contributed by atoms with E-state index in [1.165, 1.54) is 5.56 Å². The highest BCUT2D eigenvalue weighted by Gasteiger charge is 2.11. The number of aryl methyl sites for hydroxylation is 1. The molecule has 0 radical (unpaired) electrons. The molecule has 0 unspecified atom stereocenters. The first-order valence-electron chi connectivity index (χ1n) is 5.35. The summed E-state index contributed by atoms with van der Waals surface area (Å²) in [7, 11) is 0. The van der Waals surface area contributed by atoms with Crippen LogP contribution in [0.4, 0.5) is 0 Å². The van der Waals surface area contributed by atoms with Gasteiger partial charge in [-0.2, -0.15) is 0 Å². The van der Waals surface area contributed by atoms with Crippen LogP contribution >= 0.6 is 11.3 Å². The summed E-state index contributed by atoms with van der Waals surface area (Å²) < 4.78 is 0. The number of rotatable bonds is 3. The molecule has 3 heteroatoms. The van der Waals surface area contributed by atoms with Gasteiger partial charge in [0.1, 0.15) is 0 Å². The molecule has 0 spiro atoms. The molecule has 2 aromatic rings. The average molecular weight is 233 g/mol. The number of thiazole rings is 1. The summed E-state index contributed by atoms with van der Waals surface area (Å²) in [6, 6.07) is 10.3. The highest BCUT2D eigenvalue weighted by atomic mass is 32.1. The van der Waals surface area contributed by atoms with Gasteiger partial charge in [0.05, 0.1) is 21.7 Å². The molecule has 1 atom stereocenters. The van der Waals surface area contributed by atoms with Gasteiger partial charge in [-0.1, -0.05) is 30.3 Å². The van der Waals surface area contributed by atoms with Crippen LogP contribution in [0.5, 0.6) is 0 Å². The van der Waals surface area contributed by atoms with Crippen LogP contribution in [0, 0.1) is 6.92 Å². The second-order valence-corrected chi connectivity index (χ2v) is 5.01. The van der Waals surface area contributed by atoms with Gasteiger partial charge in [-0.25, -0.2) is 4.98 Å². The Morgan fingerprint density at radius 1 is 1.31 bits per heavy atom. The number of aliphatic hydroxyl groups is 1. The van der Waals surface area contributed by atoms with Crippen LogP contribution in [0.25, 0.3) is 0 Å². The Labute approximate surface area is 99.6 Å². The van der Waals surface area contributed by atoms with Crippen molar-refractivity contribution < 1.29 is 5.11 Å². The summed E-state index contributed by atoms with van der Waals surface area (Å²) >= 11 is 1.60. The van der Waals surface area contributed by atoms with E-state index in [1.54, 1.807) is 18.3 Å². The van der Waals surface area contributed by atoms with Crippen molar-refractivity contribution in [2.75, 3.05) is 0 Å². The van der Waals surface area contributed by atoms with Crippen molar-refractivity contribution in [3.8, 4) is 0 Å². The maximum atomic E-state index is 9.55. The molecule has 16 heavy (non-hydrogen) atoms. The molecule has 2 nitrogen and oxygen atoms in total. The molecule has 1 aromatic carbocycles. The lowest BCUT2D eigenvalue weighted by atomic mass is 10.2. The van der Waals surface area contributed by atoms with Crippen LogP contribution in [0.2, 0.25) is 0 Å². The number of nitrogens with zero attached hydrogens (tertiary/aromatic N) is 1. The first-order valence-corrected chi connectivity index (χ1v) is 6.16. The summed E-state index contributed by atoms with van der Waals surface area (Å²) in [6.45, 7) is 3.74. The van der Waals surface area contributed by atoms with E-state index < -0.39 is 6.10 Å². The molecule has 0 saturated carbocycles. The molecular formula is C13H15NOS. The lowest BCUT2D eigenvalue weighted by Gasteiger charge is -1.98. The second kappa shape index (κ2) is 4.76. The first-order chi connectivity index (χ1) is 7.66. The highest BCUT2D eigenvalue weighted by Crippen LogP contribution is 2.26. The van der Waals surface area contributed by atoms with Gasteiger partial charge in [0.2, 0.25) is 0 Å². The van der Waals surface area contributed by atoms with E-state index in [1.807, 2.05) is 25.1 Å². The maximum Gasteiger partial charge on any atom is 0.0975 e. The van der Waals surface area contributed by atoms with E-state index in [-0.39, 0.29) is 0 Å². The maximum absolute atomic E-state index is 9.55. The zero-order valence-electron chi connectivity index (χ0n) is 9.47. The van der Waals surface area contributed by atoms with Crippen LogP contribution < -0.4 is 0 Å². The molecule has 1 aromatic heterocycles. The van der Waals surface area contributed by atoms with Crippen LogP contribution in [0.3, 0.4) is 0 Å². The SMILES string of the molecule is Cc1nc(Cc2ccccc2)sc1[C@@H](C)O. The molecule has 0 fully saturated rings. The molecule has 1 N–H and O–H groups in total. The predicted molar refractivity (Wildman–Crippen MR) is 66.7 cm³/mol. The Bertz CT molecular complexity index is 462. The zero-order valence-corrected chi connectivity index (χ0v) is 10.3. The second-order valence-electron chi connectivity index (χ2n) is 3.90. The van der Waals surface area contributed by atoms with Crippen molar-refractivity contribution in [1.29, 1.82) is 0 Å². The summed E-state index contributed by atoms with van der Waals surface area (Å²) in [5.74, 6) is 0. The highest BCUT2D eigenvalue weighted by molar-refractivity contribution is 7.11. The third kappa shape index (κ3) is 2.49. The van der Waals surface area contributed by atoms with Crippen molar-refractivity contribution in [3.05, 3.63) is 51.5 Å². The standard InChI is InChI=1S/C13H15NOS/c1-9-13(10(2)15)16-12(14-9)8-11-6-4-3-5-7-11/h3-7,10,15H,8H2,1-2H3/t10-/m1/s1. The van der Waals surface area contributed by atoms with Gasteiger partial charge >= 0.3 is 0 Å². The van der Waals surface area contributed by atoms with E-state index in [0.717, 1.165) is 22.0 Å². The molecule has 0 aliphatic rings. The van der Waals surface area contributed by atoms with Crippen molar-refractivity contribution in [2.24, 2.45) is 0 Å². The monoisotopic (exact) mass is 233 g/mol. The Kier molecular flexibility index (Phi) is 3.36. The molecule has 2 rings (SSSR count). The lowest BCUT2D eigenvalue weighted by molar-refractivity contribution is 0.202. The van der Waals surface area contributed by atoms with Crippen LogP contribution in [0.15, 0.2) is 30.3 Å². The zero-order chi connectivity index (χ0) is 11.5. The molecule has 0 saturated heterocycles. The van der Waals surface area contributed by atoms with Crippen molar-refractivity contribution in [2.45, 2.75) is 26.4 Å². The largest absolute Gasteiger partial charge is 0.388 e. The minimum atomic E-state index is -0.415. The van der Waals surface area contributed by atoms with Gasteiger partial charge in [-0.05, 0) is 19.4 Å². The van der Waals surface area contributed by atoms with E-state index in [9.17, 15) is 5.11 Å². The van der Waals surface area contributed by atoms with E-state index in [4.69, 9.17) is 0 Å². The third-order valence-corrected chi connectivity index (χ3v) is 3.78. The van der Waals surface area contributed by atoms with Gasteiger partial charge in [0.15, 0.2) is 0 Å². The van der Waals surface area contributed by atoms with Crippen molar-refractivity contribution >= 4 is 11.3 Å². The number of benzene rings is 1. The Morgan fingerprint density at radius 2 is 2.00 bits per heavy atom. The van der Waals surface area contributed by atoms with E-state index >= 15 is 0 Å². The Hall–Kier alpha value is -1.19. The molecule has 0 aliphatic heterocycles. The van der Waals surface area contributed by atoms with E-state index in [2.05, 4.69) is 17.1 Å². The normalized spacial score (nSPS) is 12.7. The van der Waals surface area contributed by atoms with Gasteiger partial charge < -0.3 is 5.11 Å². The number of aromatic nitrogens is 1. The summed E-state index contributed by atoms with van der Waals surface area (Å²) in [4.78, 5) is 5.46. The molecule has 0 amide bonds. The lowest BCUT2D eigenvalue weighted by Crippen LogP contribution is -1.89. The van der Waals surface area contributed by atoms with E-state index in [0.29, 0.717) is 0 Å². The van der Waals surface area contributed by atoms with Gasteiger partial charge in [-0.3, -0.25) is 0 Å². The fraction of sp³-hybridized carbons (Fsp3) is 0.308. The third-order valence-electron chi connectivity index (χ3n) is 2.45. The number of aliphatic hydroxyl groups excluding tert-OH is 1. The molecule has 0 aliphatic carbocycles. The number of hydrogen-bond acceptors (Lipinski definition) is 3. The quantitative estimate of drug-likeness (QED) is 0.883. The Balaban J connectivity index is 2.20. The van der Waals surface area contributed by atoms with Crippen molar-refractivity contribution in [3.63, 3.8) is 0 Å². The Morgan fingerprint density at radius 3 is 2.56 bits per heavy atom. The fourth-order valence-electron chi connectivity index (χ4n) is 1.70. The van der Waals surface area contributed by atoms with Crippen molar-refractivity contribution in [1.82, 2.24) is 4.98 Å². The van der Waals surface area contributed by atoms with Gasteiger partial charge in [-0.15, -0.1) is 11.3 Å². The summed E-state index contributed by atoms with van der Waals surface area (Å²) in [6.07, 6.45) is 0.432. The van der Waals surface area contributed by atoms with Gasteiger partial charge in [0, 0.05) is 6.42 Å². The summed E-state index contributed by atoms with van der Waals surface area (Å²) in [5.41, 5.74) is 2.21. The average Bonchev–Trinajstić information content (AvgIpc) is 2.61. The minimum Gasteiger partial charge on any atom is -0.388 e. The summed E-state index contributed by atoms with van der Waals surface area (Å²) in [5, 5.41) is 10.6. The van der Waals surface area contributed by atoms with Crippen LogP contribution in [0.1, 0.15) is 34.2 Å². The topological polar surface area (TPSA) is 33.1 Å². The predicted octanol–water partition coefficient (Wildman–Crippen LogP) is 3.10. The van der Waals surface area contributed by atoms with Crippen LogP contribution in [-0.4, -0.2) is 10.1 Å². The smallest absolute Gasteiger partial charge is 0.0975 e. The molecule has 0 bridgehead atoms. The molecule has 84 valence electrons. The van der Waals surface area contributed by atoms with Gasteiger partial charge in [0.25, 0.3) is 0 Å². The molecule has 1 heterocycles. The van der Waals surface area contributed by atoms with Crippen LogP contribution in [-0.2, 0) is 6.42 Å². The molecular weight excluding hydrogens is 218 g/mol. The number of hydrogen-bond donors (Lipinski definition) is 1. The first kappa shape index (κ1) is 11.3.